The van der Waals surface area contributed by atoms with E-state index in [9.17, 15) is 65.8 Å². The predicted molar refractivity (Wildman–Crippen MR) is 255 cm³/mol. The standard InChI is InChI=1S/C53H84O20/c1-11-23(2)44(66)67-22-53-26(18-48(4,5)19-30(53)55)25-12-13-29-50(8)16-15-32(49(6,7)28(50)14-17-51(29,9)52(25,10)20-31(53)56)70-47-42(73-46-38(62)36(60)34(58)27(21-54)69-46)40(39(63)41(72-47)43(64)65)71-45-37(61)35(59)33(57)24(3)68-45/h11-12,24,26-42,45-47,54-63H,13-22H2,1-10H3,(H,64,65)/b23-11-/t24-,26-,27+,28-,29+,30-,31+,32-,33-,34-,35+,36-,37+,38+,39-,40-,41-,42+,45-,46-,47+,50-,51+,52+,53+/m0/s1. The van der Waals surface area contributed by atoms with Gasteiger partial charge in [-0.1, -0.05) is 66.2 Å². The smallest absolute Gasteiger partial charge is 0.335 e. The molecule has 3 saturated heterocycles. The Labute approximate surface area is 427 Å². The third-order valence-electron chi connectivity index (χ3n) is 20.3. The molecule has 8 aliphatic rings. The Balaban J connectivity index is 1.11. The fourth-order valence-electron chi connectivity index (χ4n) is 15.8. The Morgan fingerprint density at radius 1 is 0.712 bits per heavy atom. The molecule has 5 aliphatic carbocycles. The Morgan fingerprint density at radius 2 is 1.33 bits per heavy atom. The molecule has 0 aromatic carbocycles. The number of esters is 1. The lowest BCUT2D eigenvalue weighted by Crippen LogP contribution is -2.70. The number of rotatable bonds is 11. The van der Waals surface area contributed by atoms with Crippen molar-refractivity contribution >= 4 is 11.9 Å². The zero-order chi connectivity index (χ0) is 53.9. The van der Waals surface area contributed by atoms with Gasteiger partial charge >= 0.3 is 11.9 Å². The molecule has 0 amide bonds. The average Bonchev–Trinajstić information content (AvgIpc) is 3.31. The number of hydrogen-bond acceptors (Lipinski definition) is 19. The lowest BCUT2D eigenvalue weighted by atomic mass is 9.33. The van der Waals surface area contributed by atoms with E-state index < -0.39 is 145 Å². The summed E-state index contributed by atoms with van der Waals surface area (Å²) in [7, 11) is 0. The second-order valence-electron chi connectivity index (χ2n) is 25.1. The molecule has 0 bridgehead atoms. The molecule has 3 aliphatic heterocycles. The van der Waals surface area contributed by atoms with E-state index in [0.717, 1.165) is 19.3 Å². The summed E-state index contributed by atoms with van der Waals surface area (Å²) in [5.41, 5.74) is -1.51. The molecule has 3 heterocycles. The molecule has 0 unspecified atom stereocenters. The number of ether oxygens (including phenoxy) is 7. The Kier molecular flexibility index (Phi) is 15.8. The first kappa shape index (κ1) is 57.0. The first-order valence-corrected chi connectivity index (χ1v) is 26.3. The number of aliphatic hydroxyl groups excluding tert-OH is 10. The van der Waals surface area contributed by atoms with Crippen LogP contribution >= 0.6 is 0 Å². The maximum absolute atomic E-state index is 13.1. The summed E-state index contributed by atoms with van der Waals surface area (Å²) in [6.45, 7) is 19.3. The molecule has 4 saturated carbocycles. The molecular weight excluding hydrogens is 957 g/mol. The third-order valence-corrected chi connectivity index (χ3v) is 20.3. The van der Waals surface area contributed by atoms with Crippen molar-refractivity contribution in [2.75, 3.05) is 13.2 Å². The van der Waals surface area contributed by atoms with Crippen molar-refractivity contribution in [1.82, 2.24) is 0 Å². The molecule has 73 heavy (non-hydrogen) atoms. The molecule has 25 atom stereocenters. The summed E-state index contributed by atoms with van der Waals surface area (Å²) >= 11 is 0. The first-order valence-electron chi connectivity index (χ1n) is 26.3. The minimum Gasteiger partial charge on any atom is -0.479 e. The second kappa shape index (κ2) is 20.2. The fraction of sp³-hybridized carbons (Fsp3) is 0.887. The van der Waals surface area contributed by atoms with E-state index in [4.69, 9.17) is 33.2 Å². The van der Waals surface area contributed by atoms with E-state index in [1.807, 2.05) is 0 Å². The van der Waals surface area contributed by atoms with E-state index in [1.54, 1.807) is 19.9 Å². The monoisotopic (exact) mass is 1040 g/mol. The predicted octanol–water partition coefficient (Wildman–Crippen LogP) is 1.19. The highest BCUT2D eigenvalue weighted by atomic mass is 16.8. The van der Waals surface area contributed by atoms with Crippen molar-refractivity contribution in [3.63, 3.8) is 0 Å². The molecule has 8 rings (SSSR count). The van der Waals surface area contributed by atoms with Crippen LogP contribution in [0.15, 0.2) is 23.3 Å². The van der Waals surface area contributed by atoms with Gasteiger partial charge in [0.15, 0.2) is 25.0 Å². The van der Waals surface area contributed by atoms with Crippen LogP contribution < -0.4 is 0 Å². The van der Waals surface area contributed by atoms with Gasteiger partial charge in [0.25, 0.3) is 0 Å². The highest BCUT2D eigenvalue weighted by Crippen LogP contribution is 2.76. The van der Waals surface area contributed by atoms with Crippen molar-refractivity contribution in [3.8, 4) is 0 Å². The normalized spacial score (nSPS) is 51.6. The lowest BCUT2D eigenvalue weighted by Gasteiger charge is -2.72. The molecule has 0 aromatic heterocycles. The number of fused-ring (bicyclic) bond motifs is 7. The summed E-state index contributed by atoms with van der Waals surface area (Å²) in [6.07, 6.45) is -20.2. The SMILES string of the molecule is C/C=C(/C)C(=O)OC[C@@]12[C@H](O)C[C@]3(C)C(=CC[C@@H]4[C@@]5(C)CC[C@H](O[C@@H]6O[C@H](C(=O)O)[C@@H](O)[C@H](O[C@@H]7O[C@@H](C)[C@H](O)[C@@H](O)[C@H]7O)[C@H]6O[C@@H]6O[C@H](CO)[C@H](O)[C@H](O)[C@H]6O)C(C)(C)[C@@H]5CC[C@]43C)[C@@H]1CC(C)(C)C[C@@H]2O. The van der Waals surface area contributed by atoms with Crippen molar-refractivity contribution in [1.29, 1.82) is 0 Å². The van der Waals surface area contributed by atoms with Crippen LogP contribution in [-0.4, -0.2) is 192 Å². The van der Waals surface area contributed by atoms with E-state index in [2.05, 4.69) is 54.5 Å². The molecule has 416 valence electrons. The lowest BCUT2D eigenvalue weighted by molar-refractivity contribution is -0.395. The number of aliphatic carboxylic acids is 1. The van der Waals surface area contributed by atoms with Crippen molar-refractivity contribution in [2.45, 2.75) is 231 Å². The van der Waals surface area contributed by atoms with Gasteiger partial charge in [-0.05, 0) is 117 Å². The first-order chi connectivity index (χ1) is 33.9. The molecule has 11 N–H and O–H groups in total. The van der Waals surface area contributed by atoms with Gasteiger partial charge in [0, 0.05) is 5.57 Å². The Morgan fingerprint density at radius 3 is 1.96 bits per heavy atom. The van der Waals surface area contributed by atoms with Gasteiger partial charge < -0.3 is 89.3 Å². The molecule has 0 aromatic rings. The van der Waals surface area contributed by atoms with Gasteiger partial charge in [-0.3, -0.25) is 0 Å². The summed E-state index contributed by atoms with van der Waals surface area (Å²) in [5.74, 6) is -2.24. The number of carboxylic acid groups (broad SMARTS) is 1. The number of carbonyl (C=O) groups excluding carboxylic acids is 1. The highest BCUT2D eigenvalue weighted by molar-refractivity contribution is 5.87. The van der Waals surface area contributed by atoms with Crippen LogP contribution in [0.4, 0.5) is 0 Å². The number of allylic oxidation sites excluding steroid dienone is 3. The number of hydrogen-bond donors (Lipinski definition) is 11. The van der Waals surface area contributed by atoms with Crippen molar-refractivity contribution in [2.24, 2.45) is 50.2 Å². The van der Waals surface area contributed by atoms with Crippen LogP contribution in [0.2, 0.25) is 0 Å². The molecule has 7 fully saturated rings. The van der Waals surface area contributed by atoms with E-state index in [-0.39, 0.29) is 40.6 Å². The third kappa shape index (κ3) is 9.19. The van der Waals surface area contributed by atoms with Crippen LogP contribution in [0, 0.1) is 50.2 Å². The number of carbonyl (C=O) groups is 2. The van der Waals surface area contributed by atoms with Gasteiger partial charge in [-0.15, -0.1) is 0 Å². The summed E-state index contributed by atoms with van der Waals surface area (Å²) in [6, 6.07) is 0. The van der Waals surface area contributed by atoms with Crippen molar-refractivity contribution in [3.05, 3.63) is 23.3 Å². The summed E-state index contributed by atoms with van der Waals surface area (Å²) < 4.78 is 42.7. The zero-order valence-corrected chi connectivity index (χ0v) is 43.9. The minimum absolute atomic E-state index is 0.00538. The maximum Gasteiger partial charge on any atom is 0.335 e. The van der Waals surface area contributed by atoms with Crippen LogP contribution in [0.3, 0.4) is 0 Å². The Bertz CT molecular complexity index is 2100. The largest absolute Gasteiger partial charge is 0.479 e. The minimum atomic E-state index is -2.09. The highest BCUT2D eigenvalue weighted by Gasteiger charge is 2.72. The number of carboxylic acids is 1. The average molecular weight is 1040 g/mol. The fourth-order valence-corrected chi connectivity index (χ4v) is 15.8. The zero-order valence-electron chi connectivity index (χ0n) is 43.9. The van der Waals surface area contributed by atoms with E-state index >= 15 is 0 Å². The topological polar surface area (TPSA) is 321 Å². The van der Waals surface area contributed by atoms with Crippen molar-refractivity contribution < 1.29 is 98.9 Å². The van der Waals surface area contributed by atoms with Gasteiger partial charge in [-0.25, -0.2) is 9.59 Å². The van der Waals surface area contributed by atoms with Crippen LogP contribution in [0.5, 0.6) is 0 Å². The van der Waals surface area contributed by atoms with Crippen LogP contribution in [-0.2, 0) is 42.7 Å². The van der Waals surface area contributed by atoms with Gasteiger partial charge in [0.2, 0.25) is 0 Å². The second-order valence-corrected chi connectivity index (χ2v) is 25.1. The molecule has 0 spiro atoms. The molecular formula is C53H84O20. The molecule has 20 nitrogen and oxygen atoms in total. The summed E-state index contributed by atoms with van der Waals surface area (Å²) in [4.78, 5) is 26.0. The molecule has 20 heteroatoms. The van der Waals surface area contributed by atoms with Crippen LogP contribution in [0.25, 0.3) is 0 Å². The van der Waals surface area contributed by atoms with Gasteiger partial charge in [-0.2, -0.15) is 0 Å². The van der Waals surface area contributed by atoms with Gasteiger partial charge in [0.1, 0.15) is 67.6 Å². The summed E-state index contributed by atoms with van der Waals surface area (Å²) in [5, 5.41) is 122. The van der Waals surface area contributed by atoms with Crippen LogP contribution in [0.1, 0.15) is 121 Å². The quantitative estimate of drug-likeness (QED) is 0.0599. The van der Waals surface area contributed by atoms with Gasteiger partial charge in [0.05, 0.1) is 36.4 Å². The maximum atomic E-state index is 13.1. The van der Waals surface area contributed by atoms with E-state index in [0.29, 0.717) is 37.7 Å². The number of aliphatic hydroxyl groups is 10. The Hall–Kier alpha value is -2.22. The molecule has 0 radical (unpaired) electrons. The van der Waals surface area contributed by atoms with E-state index in [1.165, 1.54) is 12.5 Å².